The molecule has 0 fully saturated rings. The Labute approximate surface area is 182 Å². The first-order chi connectivity index (χ1) is 15.2. The van der Waals surface area contributed by atoms with Gasteiger partial charge in [-0.05, 0) is 67.4 Å². The quantitative estimate of drug-likeness (QED) is 0.296. The Morgan fingerprint density at radius 2 is 1.55 bits per heavy atom. The highest BCUT2D eigenvalue weighted by Gasteiger charge is 2.10. The molecule has 31 heavy (non-hydrogen) atoms. The number of aryl methyl sites for hydroxylation is 1. The summed E-state index contributed by atoms with van der Waals surface area (Å²) in [7, 11) is 0. The summed E-state index contributed by atoms with van der Waals surface area (Å²) in [6, 6.07) is 31.4. The molecular weight excluding hydrogens is 378 g/mol. The number of fused-ring (bicyclic) bond motifs is 1. The maximum atomic E-state index is 4.72. The van der Waals surface area contributed by atoms with Crippen LogP contribution in [0.3, 0.4) is 0 Å². The third kappa shape index (κ3) is 3.78. The van der Waals surface area contributed by atoms with Gasteiger partial charge in [-0.3, -0.25) is 9.98 Å². The number of benzene rings is 3. The van der Waals surface area contributed by atoms with E-state index >= 15 is 0 Å². The number of aromatic nitrogens is 2. The van der Waals surface area contributed by atoms with Crippen LogP contribution in [0.1, 0.15) is 17.0 Å². The predicted molar refractivity (Wildman–Crippen MR) is 130 cm³/mol. The van der Waals surface area contributed by atoms with Crippen LogP contribution in [-0.4, -0.2) is 15.8 Å². The van der Waals surface area contributed by atoms with Crippen LogP contribution in [0.2, 0.25) is 0 Å². The topological polar surface area (TPSA) is 30.2 Å². The standard InChI is InChI=1S/C28H23N3/c1-20-17-25(19-30-26-12-10-23(11-13-26)22-7-4-3-5-8-22)21(2)31(20)27-14-15-28-24(18-27)9-6-16-29-28/h3-19H,1-2H3. The SMILES string of the molecule is Cc1cc(C=Nc2ccc(-c3ccccc3)cc2)c(C)n1-c1ccc2ncccc2c1. The maximum absolute atomic E-state index is 4.72. The zero-order valence-corrected chi connectivity index (χ0v) is 17.7. The Morgan fingerprint density at radius 3 is 2.35 bits per heavy atom. The van der Waals surface area contributed by atoms with E-state index in [9.17, 15) is 0 Å². The molecule has 0 saturated heterocycles. The van der Waals surface area contributed by atoms with Crippen LogP contribution in [0.25, 0.3) is 27.7 Å². The van der Waals surface area contributed by atoms with Crippen molar-refractivity contribution in [2.45, 2.75) is 13.8 Å². The molecule has 0 spiro atoms. The largest absolute Gasteiger partial charge is 0.318 e. The van der Waals surface area contributed by atoms with Crippen LogP contribution in [0.15, 0.2) is 102 Å². The highest BCUT2D eigenvalue weighted by Crippen LogP contribution is 2.25. The summed E-state index contributed by atoms with van der Waals surface area (Å²) in [4.78, 5) is 9.15. The second-order valence-electron chi connectivity index (χ2n) is 7.71. The number of hydrogen-bond acceptors (Lipinski definition) is 2. The summed E-state index contributed by atoms with van der Waals surface area (Å²) < 4.78 is 2.27. The molecule has 0 N–H and O–H groups in total. The van der Waals surface area contributed by atoms with Crippen molar-refractivity contribution in [3.8, 4) is 16.8 Å². The highest BCUT2D eigenvalue weighted by atomic mass is 15.0. The molecule has 2 heterocycles. The van der Waals surface area contributed by atoms with E-state index in [1.165, 1.54) is 22.5 Å². The van der Waals surface area contributed by atoms with Crippen molar-refractivity contribution in [2.24, 2.45) is 4.99 Å². The third-order valence-corrected chi connectivity index (χ3v) is 5.64. The summed E-state index contributed by atoms with van der Waals surface area (Å²) in [5.41, 5.74) is 8.98. The lowest BCUT2D eigenvalue weighted by molar-refractivity contribution is 0.967. The minimum Gasteiger partial charge on any atom is -0.318 e. The van der Waals surface area contributed by atoms with E-state index in [1.54, 1.807) is 0 Å². The van der Waals surface area contributed by atoms with Gasteiger partial charge in [0, 0.05) is 40.4 Å². The summed E-state index contributed by atoms with van der Waals surface area (Å²) in [6.07, 6.45) is 3.79. The molecule has 0 amide bonds. The van der Waals surface area contributed by atoms with E-state index in [0.29, 0.717) is 0 Å². The van der Waals surface area contributed by atoms with Crippen LogP contribution in [0.4, 0.5) is 5.69 Å². The van der Waals surface area contributed by atoms with E-state index in [-0.39, 0.29) is 0 Å². The van der Waals surface area contributed by atoms with Gasteiger partial charge in [0.25, 0.3) is 0 Å². The molecule has 0 bridgehead atoms. The van der Waals surface area contributed by atoms with Crippen molar-refractivity contribution >= 4 is 22.8 Å². The summed E-state index contributed by atoms with van der Waals surface area (Å²) in [6.45, 7) is 4.27. The van der Waals surface area contributed by atoms with Gasteiger partial charge in [0.2, 0.25) is 0 Å². The highest BCUT2D eigenvalue weighted by molar-refractivity contribution is 5.85. The Morgan fingerprint density at radius 1 is 0.774 bits per heavy atom. The van der Waals surface area contributed by atoms with Crippen molar-refractivity contribution in [3.05, 3.63) is 114 Å². The lowest BCUT2D eigenvalue weighted by Gasteiger charge is -2.10. The second-order valence-corrected chi connectivity index (χ2v) is 7.71. The van der Waals surface area contributed by atoms with Crippen molar-refractivity contribution in [1.29, 1.82) is 0 Å². The third-order valence-electron chi connectivity index (χ3n) is 5.64. The molecule has 5 aromatic rings. The number of rotatable bonds is 4. The molecule has 0 aliphatic rings. The van der Waals surface area contributed by atoms with E-state index in [1.807, 2.05) is 24.5 Å². The molecule has 0 radical (unpaired) electrons. The molecule has 3 heteroatoms. The fourth-order valence-corrected chi connectivity index (χ4v) is 4.03. The van der Waals surface area contributed by atoms with Gasteiger partial charge < -0.3 is 4.57 Å². The first kappa shape index (κ1) is 19.0. The fraction of sp³-hybridized carbons (Fsp3) is 0.0714. The van der Waals surface area contributed by atoms with Gasteiger partial charge in [0.15, 0.2) is 0 Å². The normalized spacial score (nSPS) is 11.4. The predicted octanol–water partition coefficient (Wildman–Crippen LogP) is 7.06. The van der Waals surface area contributed by atoms with Crippen molar-refractivity contribution in [2.75, 3.05) is 0 Å². The minimum absolute atomic E-state index is 0.946. The molecule has 0 saturated carbocycles. The Bertz CT molecular complexity index is 1380. The Kier molecular flexibility index (Phi) is 4.93. The number of nitrogens with zero attached hydrogens (tertiary/aromatic N) is 3. The lowest BCUT2D eigenvalue weighted by atomic mass is 10.1. The first-order valence-corrected chi connectivity index (χ1v) is 10.4. The van der Waals surface area contributed by atoms with Crippen LogP contribution in [-0.2, 0) is 0 Å². The molecule has 3 nitrogen and oxygen atoms in total. The second kappa shape index (κ2) is 8.04. The maximum Gasteiger partial charge on any atom is 0.0703 e. The van der Waals surface area contributed by atoms with Crippen molar-refractivity contribution < 1.29 is 0 Å². The molecule has 150 valence electrons. The van der Waals surface area contributed by atoms with Gasteiger partial charge in [0.05, 0.1) is 11.2 Å². The molecule has 5 rings (SSSR count). The van der Waals surface area contributed by atoms with E-state index in [0.717, 1.165) is 27.8 Å². The summed E-state index contributed by atoms with van der Waals surface area (Å²) >= 11 is 0. The van der Waals surface area contributed by atoms with Crippen LogP contribution >= 0.6 is 0 Å². The monoisotopic (exact) mass is 401 g/mol. The number of aliphatic imine (C=N–C) groups is 1. The van der Waals surface area contributed by atoms with Gasteiger partial charge in [-0.15, -0.1) is 0 Å². The minimum atomic E-state index is 0.946. The smallest absolute Gasteiger partial charge is 0.0703 e. The van der Waals surface area contributed by atoms with Gasteiger partial charge in [-0.25, -0.2) is 0 Å². The molecular formula is C28H23N3. The molecule has 0 atom stereocenters. The van der Waals surface area contributed by atoms with Crippen molar-refractivity contribution in [1.82, 2.24) is 9.55 Å². The van der Waals surface area contributed by atoms with E-state index < -0.39 is 0 Å². The van der Waals surface area contributed by atoms with Gasteiger partial charge in [-0.1, -0.05) is 48.5 Å². The molecule has 0 unspecified atom stereocenters. The average Bonchev–Trinajstić information content (AvgIpc) is 3.11. The summed E-state index contributed by atoms with van der Waals surface area (Å²) in [5.74, 6) is 0. The lowest BCUT2D eigenvalue weighted by Crippen LogP contribution is -1.99. The zero-order chi connectivity index (χ0) is 21.2. The average molecular weight is 402 g/mol. The van der Waals surface area contributed by atoms with E-state index in [4.69, 9.17) is 4.99 Å². The van der Waals surface area contributed by atoms with Gasteiger partial charge in [0.1, 0.15) is 0 Å². The molecule has 2 aromatic heterocycles. The molecule has 0 aliphatic carbocycles. The first-order valence-electron chi connectivity index (χ1n) is 10.4. The Hall–Kier alpha value is -3.98. The number of hydrogen-bond donors (Lipinski definition) is 0. The van der Waals surface area contributed by atoms with Crippen LogP contribution < -0.4 is 0 Å². The van der Waals surface area contributed by atoms with Gasteiger partial charge >= 0.3 is 0 Å². The Balaban J connectivity index is 1.43. The fourth-order valence-electron chi connectivity index (χ4n) is 4.03. The number of pyridine rings is 1. The van der Waals surface area contributed by atoms with Crippen LogP contribution in [0, 0.1) is 13.8 Å². The summed E-state index contributed by atoms with van der Waals surface area (Å²) in [5, 5.41) is 1.14. The van der Waals surface area contributed by atoms with E-state index in [2.05, 4.69) is 102 Å². The molecule has 3 aromatic carbocycles. The molecule has 0 aliphatic heterocycles. The van der Waals surface area contributed by atoms with Crippen LogP contribution in [0.5, 0.6) is 0 Å². The van der Waals surface area contributed by atoms with Crippen molar-refractivity contribution in [3.63, 3.8) is 0 Å². The zero-order valence-electron chi connectivity index (χ0n) is 17.7. The van der Waals surface area contributed by atoms with Gasteiger partial charge in [-0.2, -0.15) is 0 Å².